The summed E-state index contributed by atoms with van der Waals surface area (Å²) in [5.41, 5.74) is 3.50. The van der Waals surface area contributed by atoms with E-state index in [0.29, 0.717) is 11.6 Å². The van der Waals surface area contributed by atoms with Crippen LogP contribution in [0.4, 0.5) is 5.82 Å². The van der Waals surface area contributed by atoms with E-state index in [-0.39, 0.29) is 0 Å². The highest BCUT2D eigenvalue weighted by Crippen LogP contribution is 2.29. The number of nitrogens with one attached hydrogen (secondary N) is 1. The summed E-state index contributed by atoms with van der Waals surface area (Å²) in [5, 5.41) is 1.76. The second-order valence-electron chi connectivity index (χ2n) is 3.46. The first-order chi connectivity index (χ1) is 8.20. The lowest BCUT2D eigenvalue weighted by atomic mass is 10.3. The number of nitrogens with two attached hydrogens (primary N) is 1. The molecule has 0 aliphatic heterocycles. The Morgan fingerprint density at radius 2 is 2.06 bits per heavy atom. The van der Waals surface area contributed by atoms with Crippen LogP contribution in [0.25, 0.3) is 0 Å². The number of hydrogen-bond donors (Lipinski definition) is 2. The van der Waals surface area contributed by atoms with Gasteiger partial charge in [-0.2, -0.15) is 0 Å². The number of hydrogen-bond acceptors (Lipinski definition) is 6. The highest BCUT2D eigenvalue weighted by Gasteiger charge is 2.10. The first-order valence-electron chi connectivity index (χ1n) is 5.11. The summed E-state index contributed by atoms with van der Waals surface area (Å²) >= 11 is 1.50. The van der Waals surface area contributed by atoms with Crippen LogP contribution in [0.15, 0.2) is 34.4 Å². The van der Waals surface area contributed by atoms with Crippen molar-refractivity contribution >= 4 is 17.6 Å². The quantitative estimate of drug-likeness (QED) is 0.490. The molecule has 5 nitrogen and oxygen atoms in total. The van der Waals surface area contributed by atoms with E-state index < -0.39 is 0 Å². The number of rotatable bonds is 3. The fourth-order valence-corrected chi connectivity index (χ4v) is 2.23. The summed E-state index contributed by atoms with van der Waals surface area (Å²) < 4.78 is 0. The molecule has 88 valence electrons. The second-order valence-corrected chi connectivity index (χ2v) is 4.47. The van der Waals surface area contributed by atoms with E-state index in [1.165, 1.54) is 11.8 Å². The normalized spacial score (nSPS) is 10.3. The Kier molecular flexibility index (Phi) is 3.55. The van der Waals surface area contributed by atoms with Crippen LogP contribution in [0, 0.1) is 13.8 Å². The molecule has 6 heteroatoms. The lowest BCUT2D eigenvalue weighted by Crippen LogP contribution is -2.12. The molecule has 3 N–H and O–H groups in total. The monoisotopic (exact) mass is 247 g/mol. The van der Waals surface area contributed by atoms with Gasteiger partial charge < -0.3 is 5.43 Å². The van der Waals surface area contributed by atoms with Crippen LogP contribution in [0.3, 0.4) is 0 Å². The van der Waals surface area contributed by atoms with Gasteiger partial charge in [-0.05, 0) is 37.7 Å². The van der Waals surface area contributed by atoms with E-state index in [1.54, 1.807) is 6.20 Å². The van der Waals surface area contributed by atoms with Gasteiger partial charge in [-0.3, -0.25) is 0 Å². The van der Waals surface area contributed by atoms with Crippen LogP contribution in [0.1, 0.15) is 11.4 Å². The Bertz CT molecular complexity index is 515. The van der Waals surface area contributed by atoms with Crippen molar-refractivity contribution in [2.24, 2.45) is 5.84 Å². The van der Waals surface area contributed by atoms with Crippen LogP contribution < -0.4 is 11.3 Å². The molecule has 0 unspecified atom stereocenters. The highest BCUT2D eigenvalue weighted by atomic mass is 32.2. The van der Waals surface area contributed by atoms with Gasteiger partial charge >= 0.3 is 0 Å². The molecule has 0 aliphatic rings. The van der Waals surface area contributed by atoms with Gasteiger partial charge in [-0.1, -0.05) is 6.07 Å². The molecular formula is C11H13N5S. The van der Waals surface area contributed by atoms with Crippen molar-refractivity contribution in [3.63, 3.8) is 0 Å². The van der Waals surface area contributed by atoms with Crippen LogP contribution in [0.2, 0.25) is 0 Å². The van der Waals surface area contributed by atoms with E-state index >= 15 is 0 Å². The fourth-order valence-electron chi connectivity index (χ4n) is 1.35. The Morgan fingerprint density at radius 3 is 2.71 bits per heavy atom. The number of nitrogen functional groups attached to an aromatic ring is 1. The zero-order valence-corrected chi connectivity index (χ0v) is 10.5. The largest absolute Gasteiger partial charge is 0.308 e. The first kappa shape index (κ1) is 11.8. The zero-order valence-electron chi connectivity index (χ0n) is 9.64. The molecule has 2 aromatic heterocycles. The molecule has 17 heavy (non-hydrogen) atoms. The van der Waals surface area contributed by atoms with Gasteiger partial charge in [-0.15, -0.1) is 0 Å². The van der Waals surface area contributed by atoms with E-state index in [1.807, 2.05) is 32.0 Å². The summed E-state index contributed by atoms with van der Waals surface area (Å²) in [6.45, 7) is 3.77. The van der Waals surface area contributed by atoms with Crippen molar-refractivity contribution in [3.05, 3.63) is 35.8 Å². The summed E-state index contributed by atoms with van der Waals surface area (Å²) in [7, 11) is 0. The average Bonchev–Trinajstić information content (AvgIpc) is 2.34. The maximum Gasteiger partial charge on any atom is 0.147 e. The Morgan fingerprint density at radius 1 is 1.24 bits per heavy atom. The molecular weight excluding hydrogens is 234 g/mol. The third kappa shape index (κ3) is 2.72. The number of nitrogens with zero attached hydrogens (tertiary/aromatic N) is 3. The van der Waals surface area contributed by atoms with E-state index in [0.717, 1.165) is 15.6 Å². The van der Waals surface area contributed by atoms with Crippen molar-refractivity contribution in [2.45, 2.75) is 23.9 Å². The van der Waals surface area contributed by atoms with Crippen LogP contribution in [-0.2, 0) is 0 Å². The predicted octanol–water partition coefficient (Wildman–Crippen LogP) is 1.93. The van der Waals surface area contributed by atoms with Crippen molar-refractivity contribution < 1.29 is 0 Å². The maximum atomic E-state index is 5.42. The average molecular weight is 247 g/mol. The Hall–Kier alpha value is -1.66. The van der Waals surface area contributed by atoms with Crippen molar-refractivity contribution in [3.8, 4) is 0 Å². The molecule has 2 heterocycles. The van der Waals surface area contributed by atoms with Gasteiger partial charge in [0, 0.05) is 11.8 Å². The molecule has 0 saturated carbocycles. The molecule has 2 rings (SSSR count). The topological polar surface area (TPSA) is 76.7 Å². The number of pyridine rings is 1. The first-order valence-corrected chi connectivity index (χ1v) is 5.93. The van der Waals surface area contributed by atoms with Gasteiger partial charge in [-0.25, -0.2) is 20.8 Å². The van der Waals surface area contributed by atoms with Gasteiger partial charge in [0.15, 0.2) is 0 Å². The third-order valence-electron chi connectivity index (χ3n) is 2.19. The number of hydrazine groups is 1. The van der Waals surface area contributed by atoms with E-state index in [4.69, 9.17) is 5.84 Å². The fraction of sp³-hybridized carbons (Fsp3) is 0.182. The molecule has 0 spiro atoms. The predicted molar refractivity (Wildman–Crippen MR) is 67.7 cm³/mol. The van der Waals surface area contributed by atoms with Gasteiger partial charge in [0.1, 0.15) is 21.7 Å². The molecule has 0 aliphatic carbocycles. The summed E-state index contributed by atoms with van der Waals surface area (Å²) in [6.07, 6.45) is 1.76. The third-order valence-corrected chi connectivity index (χ3v) is 3.23. The van der Waals surface area contributed by atoms with E-state index in [9.17, 15) is 0 Å². The molecule has 0 atom stereocenters. The van der Waals surface area contributed by atoms with E-state index in [2.05, 4.69) is 20.4 Å². The maximum absolute atomic E-state index is 5.42. The highest BCUT2D eigenvalue weighted by molar-refractivity contribution is 7.99. The molecule has 0 aromatic carbocycles. The van der Waals surface area contributed by atoms with Crippen molar-refractivity contribution in [1.29, 1.82) is 0 Å². The molecule has 0 radical (unpaired) electrons. The summed E-state index contributed by atoms with van der Waals surface area (Å²) in [5.74, 6) is 6.75. The smallest absolute Gasteiger partial charge is 0.147 e. The lowest BCUT2D eigenvalue weighted by Gasteiger charge is -2.09. The van der Waals surface area contributed by atoms with Gasteiger partial charge in [0.25, 0.3) is 0 Å². The molecule has 0 fully saturated rings. The minimum Gasteiger partial charge on any atom is -0.308 e. The summed E-state index contributed by atoms with van der Waals surface area (Å²) in [6, 6.07) is 5.77. The number of aromatic nitrogens is 3. The molecule has 0 bridgehead atoms. The number of anilines is 1. The summed E-state index contributed by atoms with van der Waals surface area (Å²) in [4.78, 5) is 12.9. The van der Waals surface area contributed by atoms with Gasteiger partial charge in [0.05, 0.1) is 0 Å². The van der Waals surface area contributed by atoms with Crippen LogP contribution in [0.5, 0.6) is 0 Å². The van der Waals surface area contributed by atoms with Crippen LogP contribution >= 0.6 is 11.8 Å². The lowest BCUT2D eigenvalue weighted by molar-refractivity contribution is 0.932. The van der Waals surface area contributed by atoms with Crippen molar-refractivity contribution in [1.82, 2.24) is 15.0 Å². The Balaban J connectivity index is 2.36. The minimum absolute atomic E-state index is 0.649. The second kappa shape index (κ2) is 5.11. The molecule has 2 aromatic rings. The SMILES string of the molecule is Cc1nc(NN)c(C)c(Sc2ccccn2)n1. The number of aryl methyl sites for hydroxylation is 1. The molecule has 0 amide bonds. The minimum atomic E-state index is 0.649. The van der Waals surface area contributed by atoms with Crippen molar-refractivity contribution in [2.75, 3.05) is 5.43 Å². The Labute approximate surface area is 104 Å². The standard InChI is InChI=1S/C11H13N5S/c1-7-10(16-12)14-8(2)15-11(7)17-9-5-3-4-6-13-9/h3-6H,12H2,1-2H3,(H,14,15,16). The van der Waals surface area contributed by atoms with Gasteiger partial charge in [0.2, 0.25) is 0 Å². The zero-order chi connectivity index (χ0) is 12.3. The van der Waals surface area contributed by atoms with Crippen LogP contribution in [-0.4, -0.2) is 15.0 Å². The molecule has 0 saturated heterocycles.